The Bertz CT molecular complexity index is 306. The second-order valence-electron chi connectivity index (χ2n) is 2.48. The van der Waals surface area contributed by atoms with Crippen molar-refractivity contribution in [1.82, 2.24) is 0 Å². The lowest BCUT2D eigenvalue weighted by molar-refractivity contribution is 0.320. The van der Waals surface area contributed by atoms with Crippen molar-refractivity contribution in [2.45, 2.75) is 6.92 Å². The number of benzene rings is 1. The fraction of sp³-hybridized carbons (Fsp3) is 0.111. The summed E-state index contributed by atoms with van der Waals surface area (Å²) in [5.74, 6) is 0. The Morgan fingerprint density at radius 1 is 1.38 bits per heavy atom. The van der Waals surface area contributed by atoms with Gasteiger partial charge in [0.25, 0.3) is 0 Å². The molecule has 0 aliphatic carbocycles. The molecule has 0 aliphatic heterocycles. The van der Waals surface area contributed by atoms with E-state index >= 15 is 0 Å². The molecule has 0 fully saturated rings. The van der Waals surface area contributed by atoms with Crippen LogP contribution in [0.15, 0.2) is 40.6 Å². The van der Waals surface area contributed by atoms with Gasteiger partial charge in [0.1, 0.15) is 0 Å². The van der Waals surface area contributed by atoms with Crippen LogP contribution in [0.1, 0.15) is 6.92 Å². The van der Waals surface area contributed by atoms with Crippen LogP contribution < -0.4 is 5.43 Å². The van der Waals surface area contributed by atoms with E-state index in [0.29, 0.717) is 5.71 Å². The van der Waals surface area contributed by atoms with Gasteiger partial charge >= 0.3 is 0 Å². The molecule has 0 aliphatic rings. The number of nitrogens with zero attached hydrogens (tertiary/aromatic N) is 2. The zero-order chi connectivity index (χ0) is 9.52. The van der Waals surface area contributed by atoms with Gasteiger partial charge in [-0.05, 0) is 19.1 Å². The van der Waals surface area contributed by atoms with E-state index in [1.165, 1.54) is 6.21 Å². The molecule has 0 amide bonds. The Morgan fingerprint density at radius 2 is 2.08 bits per heavy atom. The topological polar surface area (TPSA) is 57.0 Å². The summed E-state index contributed by atoms with van der Waals surface area (Å²) in [6.45, 7) is 1.65. The summed E-state index contributed by atoms with van der Waals surface area (Å²) in [4.78, 5) is 0. The third-order valence-corrected chi connectivity index (χ3v) is 1.38. The van der Waals surface area contributed by atoms with E-state index in [-0.39, 0.29) is 0 Å². The summed E-state index contributed by atoms with van der Waals surface area (Å²) in [6, 6.07) is 9.52. The third kappa shape index (κ3) is 3.37. The van der Waals surface area contributed by atoms with Gasteiger partial charge in [0.2, 0.25) is 0 Å². The van der Waals surface area contributed by atoms with Gasteiger partial charge in [-0.1, -0.05) is 23.4 Å². The standard InChI is InChI=1S/C9H11N3O/c1-8(12-13)7-10-11-9-5-3-2-4-6-9/h2-7,11,13H,1H3. The summed E-state index contributed by atoms with van der Waals surface area (Å²) >= 11 is 0. The first-order chi connectivity index (χ1) is 6.33. The Kier molecular flexibility index (Phi) is 3.50. The molecule has 0 heterocycles. The van der Waals surface area contributed by atoms with Gasteiger partial charge in [-0.2, -0.15) is 5.10 Å². The molecule has 4 nitrogen and oxygen atoms in total. The first-order valence-electron chi connectivity index (χ1n) is 3.85. The number of hydrogen-bond acceptors (Lipinski definition) is 4. The van der Waals surface area contributed by atoms with Crippen LogP contribution in [0.4, 0.5) is 5.69 Å². The first kappa shape index (κ1) is 9.25. The van der Waals surface area contributed by atoms with E-state index < -0.39 is 0 Å². The van der Waals surface area contributed by atoms with Gasteiger partial charge < -0.3 is 5.21 Å². The fourth-order valence-electron chi connectivity index (χ4n) is 0.739. The van der Waals surface area contributed by atoms with E-state index in [1.807, 2.05) is 30.3 Å². The summed E-state index contributed by atoms with van der Waals surface area (Å²) < 4.78 is 0. The van der Waals surface area contributed by atoms with Crippen molar-refractivity contribution < 1.29 is 5.21 Å². The third-order valence-electron chi connectivity index (χ3n) is 1.38. The average molecular weight is 177 g/mol. The lowest BCUT2D eigenvalue weighted by atomic mass is 10.3. The van der Waals surface area contributed by atoms with Crippen LogP contribution in [0.3, 0.4) is 0 Å². The number of para-hydroxylation sites is 1. The molecule has 0 bridgehead atoms. The Hall–Kier alpha value is -1.84. The Labute approximate surface area is 76.6 Å². The van der Waals surface area contributed by atoms with Gasteiger partial charge in [-0.15, -0.1) is 0 Å². The molecule has 13 heavy (non-hydrogen) atoms. The average Bonchev–Trinajstić information content (AvgIpc) is 2.19. The van der Waals surface area contributed by atoms with Crippen molar-refractivity contribution in [3.8, 4) is 0 Å². The maximum absolute atomic E-state index is 8.30. The maximum Gasteiger partial charge on any atom is 0.0964 e. The number of rotatable bonds is 3. The summed E-state index contributed by atoms with van der Waals surface area (Å²) in [5, 5.41) is 15.1. The van der Waals surface area contributed by atoms with Gasteiger partial charge in [-0.3, -0.25) is 5.43 Å². The molecule has 0 aromatic heterocycles. The van der Waals surface area contributed by atoms with Gasteiger partial charge in [0.15, 0.2) is 0 Å². The van der Waals surface area contributed by atoms with E-state index in [1.54, 1.807) is 6.92 Å². The predicted octanol–water partition coefficient (Wildman–Crippen LogP) is 1.93. The minimum Gasteiger partial charge on any atom is -0.411 e. The van der Waals surface area contributed by atoms with Crippen molar-refractivity contribution in [2.75, 3.05) is 5.43 Å². The smallest absolute Gasteiger partial charge is 0.0964 e. The normalized spacial score (nSPS) is 11.9. The highest BCUT2D eigenvalue weighted by Crippen LogP contribution is 2.03. The lowest BCUT2D eigenvalue weighted by Crippen LogP contribution is -1.96. The number of nitrogens with one attached hydrogen (secondary N) is 1. The van der Waals surface area contributed by atoms with Crippen molar-refractivity contribution in [2.24, 2.45) is 10.3 Å². The van der Waals surface area contributed by atoms with Crippen molar-refractivity contribution in [3.05, 3.63) is 30.3 Å². The maximum atomic E-state index is 8.30. The SMILES string of the molecule is CC(C=NNc1ccccc1)=NO. The van der Waals surface area contributed by atoms with Gasteiger partial charge in [-0.25, -0.2) is 0 Å². The zero-order valence-electron chi connectivity index (χ0n) is 7.31. The van der Waals surface area contributed by atoms with E-state index in [0.717, 1.165) is 5.69 Å². The molecule has 0 unspecified atom stereocenters. The second kappa shape index (κ2) is 4.92. The molecule has 4 heteroatoms. The lowest BCUT2D eigenvalue weighted by Gasteiger charge is -1.96. The van der Waals surface area contributed by atoms with Crippen molar-refractivity contribution in [1.29, 1.82) is 0 Å². The molecule has 0 saturated carbocycles. The van der Waals surface area contributed by atoms with Crippen LogP contribution in [0.25, 0.3) is 0 Å². The van der Waals surface area contributed by atoms with Crippen LogP contribution in [0.2, 0.25) is 0 Å². The summed E-state index contributed by atoms with van der Waals surface area (Å²) in [6.07, 6.45) is 1.44. The monoisotopic (exact) mass is 177 g/mol. The highest BCUT2D eigenvalue weighted by atomic mass is 16.4. The molecule has 0 atom stereocenters. The van der Waals surface area contributed by atoms with E-state index in [2.05, 4.69) is 15.7 Å². The molecule has 2 N–H and O–H groups in total. The Balaban J connectivity index is 2.48. The number of anilines is 1. The molecule has 1 rings (SSSR count). The van der Waals surface area contributed by atoms with Crippen LogP contribution in [0.5, 0.6) is 0 Å². The van der Waals surface area contributed by atoms with Gasteiger partial charge in [0, 0.05) is 0 Å². The first-order valence-corrected chi connectivity index (χ1v) is 3.85. The molecular formula is C9H11N3O. The van der Waals surface area contributed by atoms with E-state index in [4.69, 9.17) is 5.21 Å². The largest absolute Gasteiger partial charge is 0.411 e. The zero-order valence-corrected chi connectivity index (χ0v) is 7.31. The summed E-state index contributed by atoms with van der Waals surface area (Å²) in [7, 11) is 0. The molecule has 68 valence electrons. The van der Waals surface area contributed by atoms with Crippen molar-refractivity contribution >= 4 is 17.6 Å². The minimum atomic E-state index is 0.448. The highest BCUT2D eigenvalue weighted by Gasteiger charge is 1.85. The molecule has 0 spiro atoms. The highest BCUT2D eigenvalue weighted by molar-refractivity contribution is 6.29. The van der Waals surface area contributed by atoms with Crippen LogP contribution in [0, 0.1) is 0 Å². The van der Waals surface area contributed by atoms with Gasteiger partial charge in [0.05, 0.1) is 17.6 Å². The fourth-order valence-corrected chi connectivity index (χ4v) is 0.739. The second-order valence-corrected chi connectivity index (χ2v) is 2.48. The molecular weight excluding hydrogens is 166 g/mol. The van der Waals surface area contributed by atoms with Crippen LogP contribution in [-0.4, -0.2) is 17.1 Å². The van der Waals surface area contributed by atoms with E-state index in [9.17, 15) is 0 Å². The Morgan fingerprint density at radius 3 is 2.69 bits per heavy atom. The molecule has 1 aromatic carbocycles. The quantitative estimate of drug-likeness (QED) is 0.421. The molecule has 0 saturated heterocycles. The minimum absolute atomic E-state index is 0.448. The molecule has 1 aromatic rings. The van der Waals surface area contributed by atoms with Crippen molar-refractivity contribution in [3.63, 3.8) is 0 Å². The number of hydrogen-bond donors (Lipinski definition) is 2. The predicted molar refractivity (Wildman–Crippen MR) is 53.5 cm³/mol. The summed E-state index contributed by atoms with van der Waals surface area (Å²) in [5.41, 5.74) is 4.13. The van der Waals surface area contributed by atoms with Crippen LogP contribution >= 0.6 is 0 Å². The molecule has 0 radical (unpaired) electrons. The number of hydrazone groups is 1. The van der Waals surface area contributed by atoms with Crippen LogP contribution in [-0.2, 0) is 0 Å². The number of oxime groups is 1.